The largest absolute Gasteiger partial charge is 0.381 e. The van der Waals surface area contributed by atoms with Crippen LogP contribution in [0.1, 0.15) is 12.8 Å². The number of hydrogen-bond donors (Lipinski definition) is 2. The lowest BCUT2D eigenvalue weighted by Gasteiger charge is -2.27. The van der Waals surface area contributed by atoms with Gasteiger partial charge in [0.15, 0.2) is 0 Å². The summed E-state index contributed by atoms with van der Waals surface area (Å²) in [6.45, 7) is 9.97. The Bertz CT molecular complexity index is 368. The summed E-state index contributed by atoms with van der Waals surface area (Å²) in [4.78, 5) is 0. The zero-order valence-electron chi connectivity index (χ0n) is 10.2. The highest BCUT2D eigenvalue weighted by atomic mass is 28.3. The van der Waals surface area contributed by atoms with Gasteiger partial charge >= 0.3 is 0 Å². The maximum absolute atomic E-state index is 10.3. The number of allylic oxidation sites excluding steroid dienone is 1. The van der Waals surface area contributed by atoms with E-state index in [0.717, 1.165) is 6.42 Å². The Labute approximate surface area is 98.7 Å². The molecule has 1 aliphatic carbocycles. The molecule has 0 aromatic heterocycles. The minimum absolute atomic E-state index is 0.524. The first-order chi connectivity index (χ1) is 7.29. The van der Waals surface area contributed by atoms with E-state index in [1.807, 2.05) is 6.08 Å². The third-order valence-corrected chi connectivity index (χ3v) is 3.54. The van der Waals surface area contributed by atoms with Crippen molar-refractivity contribution in [3.63, 3.8) is 0 Å². The first-order valence-electron chi connectivity index (χ1n) is 5.56. The number of hydrogen-bond acceptors (Lipinski definition) is 2. The van der Waals surface area contributed by atoms with E-state index in [0.29, 0.717) is 12.0 Å². The van der Waals surface area contributed by atoms with Crippen molar-refractivity contribution in [1.82, 2.24) is 0 Å². The second kappa shape index (κ2) is 4.58. The summed E-state index contributed by atoms with van der Waals surface area (Å²) in [5, 5.41) is 20.3. The van der Waals surface area contributed by atoms with Gasteiger partial charge in [0.2, 0.25) is 0 Å². The first kappa shape index (κ1) is 13.2. The average Bonchev–Trinajstić information content (AvgIpc) is 2.56. The molecule has 0 saturated heterocycles. The van der Waals surface area contributed by atoms with Crippen molar-refractivity contribution in [2.75, 3.05) is 0 Å². The van der Waals surface area contributed by atoms with Crippen LogP contribution < -0.4 is 0 Å². The minimum Gasteiger partial charge on any atom is -0.381 e. The molecule has 0 saturated carbocycles. The van der Waals surface area contributed by atoms with E-state index >= 15 is 0 Å². The standard InChI is InChI=1S/C13H20O2Si/c1-5-11-7-6-9-13(11,15)12(14)8-10-16(2,3)4/h5,7,12,14-15H,1,6,9H2,2-4H3/t12-,13+/m0/s1. The zero-order chi connectivity index (χ0) is 12.4. The van der Waals surface area contributed by atoms with Gasteiger partial charge in [0.25, 0.3) is 0 Å². The van der Waals surface area contributed by atoms with Crippen LogP contribution in [0.25, 0.3) is 0 Å². The quantitative estimate of drug-likeness (QED) is 0.567. The number of aliphatic hydroxyl groups excluding tert-OH is 1. The summed E-state index contributed by atoms with van der Waals surface area (Å²) < 4.78 is 0. The monoisotopic (exact) mass is 236 g/mol. The molecular formula is C13H20O2Si. The molecule has 3 heteroatoms. The molecule has 0 fully saturated rings. The number of rotatable bonds is 2. The first-order valence-corrected chi connectivity index (χ1v) is 9.06. The fourth-order valence-electron chi connectivity index (χ4n) is 1.73. The van der Waals surface area contributed by atoms with Crippen molar-refractivity contribution in [3.8, 4) is 11.5 Å². The molecule has 0 radical (unpaired) electrons. The fourth-order valence-corrected chi connectivity index (χ4v) is 2.30. The third-order valence-electron chi connectivity index (χ3n) is 2.65. The topological polar surface area (TPSA) is 40.5 Å². The normalized spacial score (nSPS) is 26.7. The summed E-state index contributed by atoms with van der Waals surface area (Å²) in [5.41, 5.74) is 2.57. The van der Waals surface area contributed by atoms with Crippen LogP contribution in [0.3, 0.4) is 0 Å². The third kappa shape index (κ3) is 2.85. The van der Waals surface area contributed by atoms with Gasteiger partial charge in [0.1, 0.15) is 19.8 Å². The average molecular weight is 236 g/mol. The predicted molar refractivity (Wildman–Crippen MR) is 69.6 cm³/mol. The van der Waals surface area contributed by atoms with E-state index in [-0.39, 0.29) is 0 Å². The molecular weight excluding hydrogens is 216 g/mol. The smallest absolute Gasteiger partial charge is 0.146 e. The lowest BCUT2D eigenvalue weighted by atomic mass is 9.90. The van der Waals surface area contributed by atoms with Crippen LogP contribution in [0.15, 0.2) is 24.3 Å². The molecule has 2 N–H and O–H groups in total. The van der Waals surface area contributed by atoms with E-state index in [2.05, 4.69) is 37.7 Å². The van der Waals surface area contributed by atoms with Gasteiger partial charge in [-0.3, -0.25) is 0 Å². The summed E-state index contributed by atoms with van der Waals surface area (Å²) >= 11 is 0. The Morgan fingerprint density at radius 1 is 1.56 bits per heavy atom. The SMILES string of the molecule is C=CC1=CCC[C@]1(O)[C@@H](O)C#C[Si](C)(C)C. The van der Waals surface area contributed by atoms with Gasteiger partial charge in [0.05, 0.1) is 0 Å². The van der Waals surface area contributed by atoms with Crippen molar-refractivity contribution in [1.29, 1.82) is 0 Å². The molecule has 0 aliphatic heterocycles. The molecule has 16 heavy (non-hydrogen) atoms. The van der Waals surface area contributed by atoms with Crippen LogP contribution in [0.5, 0.6) is 0 Å². The summed E-state index contributed by atoms with van der Waals surface area (Å²) in [6, 6.07) is 0. The Morgan fingerprint density at radius 3 is 2.69 bits per heavy atom. The van der Waals surface area contributed by atoms with Crippen LogP contribution in [0.4, 0.5) is 0 Å². The molecule has 2 nitrogen and oxygen atoms in total. The van der Waals surface area contributed by atoms with Gasteiger partial charge in [-0.15, -0.1) is 5.54 Å². The van der Waals surface area contributed by atoms with E-state index in [1.165, 1.54) is 0 Å². The Kier molecular flexibility index (Phi) is 3.79. The summed E-state index contributed by atoms with van der Waals surface area (Å²) in [5.74, 6) is 2.80. The van der Waals surface area contributed by atoms with E-state index in [4.69, 9.17) is 0 Å². The van der Waals surface area contributed by atoms with Crippen molar-refractivity contribution >= 4 is 8.07 Å². The number of aliphatic hydroxyl groups is 2. The molecule has 1 aliphatic rings. The Hall–Kier alpha value is -0.823. The molecule has 0 amide bonds. The summed E-state index contributed by atoms with van der Waals surface area (Å²) in [7, 11) is -1.51. The predicted octanol–water partition coefficient (Wildman–Crippen LogP) is 1.87. The van der Waals surface area contributed by atoms with Gasteiger partial charge < -0.3 is 10.2 Å². The van der Waals surface area contributed by atoms with Gasteiger partial charge in [-0.1, -0.05) is 44.3 Å². The lowest BCUT2D eigenvalue weighted by Crippen LogP contribution is -2.41. The molecule has 0 aromatic carbocycles. The second-order valence-corrected chi connectivity index (χ2v) is 10.00. The zero-order valence-corrected chi connectivity index (χ0v) is 11.2. The van der Waals surface area contributed by atoms with Crippen molar-refractivity contribution in [2.24, 2.45) is 0 Å². The molecule has 0 bridgehead atoms. The molecule has 0 heterocycles. The van der Waals surface area contributed by atoms with Gasteiger partial charge in [-0.05, 0) is 18.4 Å². The van der Waals surface area contributed by atoms with Crippen molar-refractivity contribution in [2.45, 2.75) is 44.2 Å². The van der Waals surface area contributed by atoms with Crippen LogP contribution in [0, 0.1) is 11.5 Å². The maximum atomic E-state index is 10.3. The highest BCUT2D eigenvalue weighted by molar-refractivity contribution is 6.83. The Balaban J connectivity index is 2.88. The molecule has 0 aromatic rings. The highest BCUT2D eigenvalue weighted by Gasteiger charge is 2.39. The van der Waals surface area contributed by atoms with Crippen LogP contribution in [0.2, 0.25) is 19.6 Å². The maximum Gasteiger partial charge on any atom is 0.146 e. The fraction of sp³-hybridized carbons (Fsp3) is 0.538. The summed E-state index contributed by atoms with van der Waals surface area (Å²) in [6.07, 6.45) is 3.80. The van der Waals surface area contributed by atoms with Crippen molar-refractivity contribution < 1.29 is 10.2 Å². The molecule has 1 rings (SSSR count). The van der Waals surface area contributed by atoms with Crippen LogP contribution >= 0.6 is 0 Å². The van der Waals surface area contributed by atoms with E-state index in [1.54, 1.807) is 6.08 Å². The molecule has 88 valence electrons. The highest BCUT2D eigenvalue weighted by Crippen LogP contribution is 2.33. The molecule has 2 atom stereocenters. The van der Waals surface area contributed by atoms with Gasteiger partial charge in [-0.2, -0.15) is 0 Å². The van der Waals surface area contributed by atoms with Gasteiger partial charge in [-0.25, -0.2) is 0 Å². The van der Waals surface area contributed by atoms with Gasteiger partial charge in [0, 0.05) is 0 Å². The second-order valence-electron chi connectivity index (χ2n) is 5.25. The lowest BCUT2D eigenvalue weighted by molar-refractivity contribution is -0.0146. The van der Waals surface area contributed by atoms with Crippen LogP contribution in [-0.2, 0) is 0 Å². The molecule has 0 unspecified atom stereocenters. The van der Waals surface area contributed by atoms with Crippen LogP contribution in [-0.4, -0.2) is 30.0 Å². The molecule has 0 spiro atoms. The van der Waals surface area contributed by atoms with E-state index in [9.17, 15) is 10.2 Å². The van der Waals surface area contributed by atoms with Crippen molar-refractivity contribution in [3.05, 3.63) is 24.3 Å². The van der Waals surface area contributed by atoms with E-state index < -0.39 is 19.8 Å². The minimum atomic E-state index is -1.51. The Morgan fingerprint density at radius 2 is 2.19 bits per heavy atom.